The van der Waals surface area contributed by atoms with Gasteiger partial charge in [-0.05, 0) is 72.2 Å². The zero-order valence-electron chi connectivity index (χ0n) is 20.1. The van der Waals surface area contributed by atoms with Gasteiger partial charge in [0.15, 0.2) is 15.9 Å². The van der Waals surface area contributed by atoms with E-state index in [0.717, 1.165) is 28.3 Å². The van der Waals surface area contributed by atoms with Crippen LogP contribution >= 0.6 is 23.4 Å². The molecule has 4 rings (SSSR count). The Morgan fingerprint density at radius 1 is 1.22 bits per heavy atom. The van der Waals surface area contributed by atoms with Crippen molar-refractivity contribution in [2.45, 2.75) is 33.8 Å². The molecule has 1 atom stereocenters. The van der Waals surface area contributed by atoms with E-state index in [1.54, 1.807) is 25.6 Å². The molecule has 1 unspecified atom stereocenters. The molecule has 1 fully saturated rings. The van der Waals surface area contributed by atoms with Gasteiger partial charge in [-0.3, -0.25) is 4.79 Å². The minimum absolute atomic E-state index is 0.0175. The monoisotopic (exact) mass is 549 g/mol. The molecule has 0 bridgehead atoms. The summed E-state index contributed by atoms with van der Waals surface area (Å²) in [6.45, 7) is 2.16. The van der Waals surface area contributed by atoms with Crippen LogP contribution in [0, 0.1) is 0 Å². The highest BCUT2D eigenvalue weighted by Gasteiger charge is 2.29. The van der Waals surface area contributed by atoms with Gasteiger partial charge in [-0.15, -0.1) is 0 Å². The smallest absolute Gasteiger partial charge is 0.248 e. The number of likely N-dealkylation sites (tertiary alicyclic amines) is 1. The summed E-state index contributed by atoms with van der Waals surface area (Å²) in [4.78, 5) is 24.2. The number of oxazole rings is 1. The number of benzene rings is 1. The summed E-state index contributed by atoms with van der Waals surface area (Å²) >= 11 is 6.31. The summed E-state index contributed by atoms with van der Waals surface area (Å²) in [5.74, 6) is 0.723. The summed E-state index contributed by atoms with van der Waals surface area (Å²) in [5.41, 5.74) is 1.58. The first-order valence-corrected chi connectivity index (χ1v) is 14.3. The van der Waals surface area contributed by atoms with Crippen LogP contribution in [0.4, 0.5) is 0 Å². The zero-order valence-corrected chi connectivity index (χ0v) is 22.5. The SMILES string of the molecule is COCCOCC(=O)N1CCC(c2nc(-c3ccc([S+](C)[O-])cc3)c(Sc3ccc(Cl)cn3)o2)CC1. The number of carbonyl (C=O) groups excluding carboxylic acids is 1. The first kappa shape index (κ1) is 27.0. The first-order chi connectivity index (χ1) is 17.4. The average Bonchev–Trinajstić information content (AvgIpc) is 3.31. The van der Waals surface area contributed by atoms with Crippen molar-refractivity contribution in [3.63, 3.8) is 0 Å². The fourth-order valence-corrected chi connectivity index (χ4v) is 5.29. The normalized spacial score (nSPS) is 15.3. The number of halogens is 1. The van der Waals surface area contributed by atoms with Crippen molar-refractivity contribution in [1.29, 1.82) is 0 Å². The zero-order chi connectivity index (χ0) is 25.5. The minimum Gasteiger partial charge on any atom is -0.612 e. The Morgan fingerprint density at radius 2 is 1.97 bits per heavy atom. The van der Waals surface area contributed by atoms with E-state index in [-0.39, 0.29) is 18.4 Å². The Bertz CT molecular complexity index is 1130. The molecule has 2 aromatic heterocycles. The van der Waals surface area contributed by atoms with Crippen LogP contribution in [0.2, 0.25) is 5.02 Å². The van der Waals surface area contributed by atoms with Gasteiger partial charge in [-0.1, -0.05) is 11.6 Å². The molecule has 0 N–H and O–H groups in total. The van der Waals surface area contributed by atoms with Gasteiger partial charge < -0.3 is 23.3 Å². The van der Waals surface area contributed by atoms with E-state index < -0.39 is 11.2 Å². The van der Waals surface area contributed by atoms with Gasteiger partial charge in [-0.2, -0.15) is 0 Å². The average molecular weight is 550 g/mol. The lowest BCUT2D eigenvalue weighted by Crippen LogP contribution is -2.40. The standard InChI is InChI=1S/C25H28ClN3O5S2/c1-32-13-14-33-16-22(30)29-11-9-18(10-12-29)24-28-23(17-3-6-20(7-4-17)36(2)31)25(34-24)35-21-8-5-19(26)15-27-21/h3-8,15,18H,9-14,16H2,1-2H3. The molecule has 1 aliphatic heterocycles. The molecule has 192 valence electrons. The number of pyridine rings is 1. The third kappa shape index (κ3) is 7.02. The second-order valence-electron chi connectivity index (χ2n) is 8.28. The maximum atomic E-state index is 12.4. The van der Waals surface area contributed by atoms with Crippen molar-refractivity contribution < 1.29 is 23.2 Å². The molecule has 3 heterocycles. The van der Waals surface area contributed by atoms with E-state index in [1.807, 2.05) is 35.2 Å². The molecule has 0 aliphatic carbocycles. The highest BCUT2D eigenvalue weighted by molar-refractivity contribution is 7.99. The van der Waals surface area contributed by atoms with Gasteiger partial charge in [0.25, 0.3) is 0 Å². The summed E-state index contributed by atoms with van der Waals surface area (Å²) in [5, 5.41) is 1.94. The predicted octanol–water partition coefficient (Wildman–Crippen LogP) is 4.65. The second-order valence-corrected chi connectivity index (χ2v) is 11.1. The molecule has 0 radical (unpaired) electrons. The number of nitrogens with zero attached hydrogens (tertiary/aromatic N) is 3. The van der Waals surface area contributed by atoms with Gasteiger partial charge in [0.05, 0.1) is 18.2 Å². The Labute approximate surface area is 222 Å². The molecule has 1 aromatic carbocycles. The molecule has 1 aliphatic rings. The van der Waals surface area contributed by atoms with E-state index in [1.165, 1.54) is 11.8 Å². The van der Waals surface area contributed by atoms with Crippen LogP contribution in [-0.4, -0.2) is 71.6 Å². The quantitative estimate of drug-likeness (QED) is 0.266. The maximum absolute atomic E-state index is 12.4. The highest BCUT2D eigenvalue weighted by atomic mass is 35.5. The second kappa shape index (κ2) is 12.9. The van der Waals surface area contributed by atoms with Crippen LogP contribution in [0.5, 0.6) is 0 Å². The number of hydrogen-bond acceptors (Lipinski definition) is 8. The Kier molecular flexibility index (Phi) is 9.69. The van der Waals surface area contributed by atoms with Crippen molar-refractivity contribution in [3.8, 4) is 11.3 Å². The molecule has 3 aromatic rings. The molecule has 11 heteroatoms. The number of ether oxygens (including phenoxy) is 2. The van der Waals surface area contributed by atoms with Crippen LogP contribution in [0.3, 0.4) is 0 Å². The summed E-state index contributed by atoms with van der Waals surface area (Å²) < 4.78 is 28.4. The molecule has 0 saturated carbocycles. The molecule has 1 saturated heterocycles. The highest BCUT2D eigenvalue weighted by Crippen LogP contribution is 2.39. The molecule has 1 amide bonds. The van der Waals surface area contributed by atoms with E-state index in [9.17, 15) is 9.35 Å². The van der Waals surface area contributed by atoms with Crippen LogP contribution < -0.4 is 0 Å². The Hall–Kier alpha value is -2.08. The Balaban J connectivity index is 1.49. The van der Waals surface area contributed by atoms with Crippen molar-refractivity contribution in [3.05, 3.63) is 53.5 Å². The fraction of sp³-hybridized carbons (Fsp3) is 0.400. The van der Waals surface area contributed by atoms with E-state index in [0.29, 0.717) is 48.0 Å². The number of piperidine rings is 1. The predicted molar refractivity (Wildman–Crippen MR) is 139 cm³/mol. The molecule has 0 spiro atoms. The summed E-state index contributed by atoms with van der Waals surface area (Å²) in [6.07, 6.45) is 4.75. The number of hydrogen-bond donors (Lipinski definition) is 0. The van der Waals surface area contributed by atoms with Crippen molar-refractivity contribution >= 4 is 40.4 Å². The van der Waals surface area contributed by atoms with Gasteiger partial charge in [0, 0.05) is 37.9 Å². The van der Waals surface area contributed by atoms with Gasteiger partial charge in [0.1, 0.15) is 23.6 Å². The molecule has 36 heavy (non-hydrogen) atoms. The third-order valence-electron chi connectivity index (χ3n) is 5.82. The number of methoxy groups -OCH3 is 1. The summed E-state index contributed by atoms with van der Waals surface area (Å²) in [7, 11) is 1.60. The van der Waals surface area contributed by atoms with E-state index in [4.69, 9.17) is 30.5 Å². The van der Waals surface area contributed by atoms with E-state index in [2.05, 4.69) is 4.98 Å². The van der Waals surface area contributed by atoms with E-state index >= 15 is 0 Å². The Morgan fingerprint density at radius 3 is 2.61 bits per heavy atom. The minimum atomic E-state index is -1.06. The van der Waals surface area contributed by atoms with Crippen molar-refractivity contribution in [2.75, 3.05) is 46.3 Å². The van der Waals surface area contributed by atoms with Gasteiger partial charge in [-0.25, -0.2) is 9.97 Å². The van der Waals surface area contributed by atoms with Crippen molar-refractivity contribution in [2.24, 2.45) is 0 Å². The first-order valence-electron chi connectivity index (χ1n) is 11.5. The van der Waals surface area contributed by atoms with Crippen LogP contribution in [0.25, 0.3) is 11.3 Å². The van der Waals surface area contributed by atoms with Gasteiger partial charge in [0.2, 0.25) is 5.91 Å². The number of rotatable bonds is 10. The molecular formula is C25H28ClN3O5S2. The maximum Gasteiger partial charge on any atom is 0.248 e. The van der Waals surface area contributed by atoms with Crippen LogP contribution in [0.1, 0.15) is 24.7 Å². The topological polar surface area (TPSA) is 101 Å². The summed E-state index contributed by atoms with van der Waals surface area (Å²) in [6, 6.07) is 11.1. The van der Waals surface area contributed by atoms with Crippen LogP contribution in [0.15, 0.2) is 62.0 Å². The fourth-order valence-electron chi connectivity index (χ4n) is 3.84. The van der Waals surface area contributed by atoms with Crippen LogP contribution in [-0.2, 0) is 25.4 Å². The lowest BCUT2D eigenvalue weighted by atomic mass is 9.97. The van der Waals surface area contributed by atoms with Crippen molar-refractivity contribution in [1.82, 2.24) is 14.9 Å². The number of aromatic nitrogens is 2. The molecule has 8 nitrogen and oxygen atoms in total. The number of carbonyl (C=O) groups is 1. The lowest BCUT2D eigenvalue weighted by molar-refractivity contribution is -0.137. The largest absolute Gasteiger partial charge is 0.612 e. The lowest BCUT2D eigenvalue weighted by Gasteiger charge is -2.30. The third-order valence-corrected chi connectivity index (χ3v) is 7.90. The molecular weight excluding hydrogens is 522 g/mol. The number of amides is 1. The van der Waals surface area contributed by atoms with Gasteiger partial charge >= 0.3 is 0 Å².